The lowest BCUT2D eigenvalue weighted by atomic mass is 9.82. The minimum atomic E-state index is -0.644. The van der Waals surface area contributed by atoms with Gasteiger partial charge >= 0.3 is 0 Å². The summed E-state index contributed by atoms with van der Waals surface area (Å²) in [4.78, 5) is 4.39. The van der Waals surface area contributed by atoms with Gasteiger partial charge in [0, 0.05) is 22.7 Å². The van der Waals surface area contributed by atoms with E-state index in [1.165, 1.54) is 25.0 Å². The van der Waals surface area contributed by atoms with E-state index in [1.54, 1.807) is 6.20 Å². The van der Waals surface area contributed by atoms with E-state index in [9.17, 15) is 8.78 Å². The fourth-order valence-corrected chi connectivity index (χ4v) is 4.11. The number of hydrogen-bond donors (Lipinski definition) is 0. The van der Waals surface area contributed by atoms with Gasteiger partial charge in [0.25, 0.3) is 0 Å². The molecule has 30 heavy (non-hydrogen) atoms. The summed E-state index contributed by atoms with van der Waals surface area (Å²) in [5.41, 5.74) is 1.96. The van der Waals surface area contributed by atoms with Gasteiger partial charge in [-0.3, -0.25) is 4.98 Å². The Kier molecular flexibility index (Phi) is 8.05. The van der Waals surface area contributed by atoms with Crippen LogP contribution in [0.4, 0.5) is 8.78 Å². The Morgan fingerprint density at radius 1 is 1.13 bits per heavy atom. The molecule has 1 fully saturated rings. The number of rotatable bonds is 6. The monoisotopic (exact) mass is 427 g/mol. The van der Waals surface area contributed by atoms with Gasteiger partial charge in [0.05, 0.1) is 11.3 Å². The molecule has 158 valence electrons. The number of pyridine rings is 1. The first kappa shape index (κ1) is 22.5. The SMILES string of the molecule is C=C(Cl)[C@H]1CC[C@H](C#Cc2c(F)cc(-c3ccc(CCCCC)cn3)cc2F)CC1. The zero-order chi connectivity index (χ0) is 21.5. The minimum Gasteiger partial charge on any atom is -0.256 e. The molecule has 0 unspecified atom stereocenters. The number of nitrogens with zero attached hydrogens (tertiary/aromatic N) is 1. The van der Waals surface area contributed by atoms with Crippen LogP contribution >= 0.6 is 11.6 Å². The highest BCUT2D eigenvalue weighted by atomic mass is 35.5. The van der Waals surface area contributed by atoms with Crippen molar-refractivity contribution < 1.29 is 8.78 Å². The number of allylic oxidation sites excluding steroid dienone is 1. The first-order chi connectivity index (χ1) is 14.5. The molecule has 1 heterocycles. The Morgan fingerprint density at radius 2 is 1.83 bits per heavy atom. The van der Waals surface area contributed by atoms with Crippen LogP contribution in [0, 0.1) is 35.3 Å². The lowest BCUT2D eigenvalue weighted by molar-refractivity contribution is 0.361. The summed E-state index contributed by atoms with van der Waals surface area (Å²) < 4.78 is 29.2. The molecule has 0 radical (unpaired) electrons. The maximum atomic E-state index is 14.6. The Labute approximate surface area is 183 Å². The number of halogens is 3. The summed E-state index contributed by atoms with van der Waals surface area (Å²) in [6.07, 6.45) is 9.83. The van der Waals surface area contributed by atoms with Crippen LogP contribution < -0.4 is 0 Å². The second-order valence-electron chi connectivity index (χ2n) is 8.09. The maximum absolute atomic E-state index is 14.6. The van der Waals surface area contributed by atoms with Gasteiger partial charge in [0.15, 0.2) is 0 Å². The Bertz CT molecular complexity index is 909. The molecule has 1 aliphatic rings. The minimum absolute atomic E-state index is 0.137. The molecule has 0 amide bonds. The van der Waals surface area contributed by atoms with Crippen LogP contribution in [0.1, 0.15) is 63.0 Å². The average molecular weight is 428 g/mol. The fraction of sp³-hybridized carbons (Fsp3) is 0.423. The van der Waals surface area contributed by atoms with E-state index in [4.69, 9.17) is 11.6 Å². The Hall–Kier alpha value is -2.18. The molecule has 1 aromatic carbocycles. The van der Waals surface area contributed by atoms with E-state index in [0.29, 0.717) is 22.2 Å². The predicted octanol–water partition coefficient (Wildman–Crippen LogP) is 7.67. The molecule has 0 spiro atoms. The highest BCUT2D eigenvalue weighted by molar-refractivity contribution is 6.29. The molecule has 0 aliphatic heterocycles. The van der Waals surface area contributed by atoms with Gasteiger partial charge in [-0.25, -0.2) is 8.78 Å². The molecule has 1 aromatic heterocycles. The molecule has 0 N–H and O–H groups in total. The number of aromatic nitrogens is 1. The largest absolute Gasteiger partial charge is 0.256 e. The maximum Gasteiger partial charge on any atom is 0.142 e. The van der Waals surface area contributed by atoms with E-state index >= 15 is 0 Å². The van der Waals surface area contributed by atoms with Crippen LogP contribution in [0.25, 0.3) is 11.3 Å². The summed E-state index contributed by atoms with van der Waals surface area (Å²) >= 11 is 5.99. The van der Waals surface area contributed by atoms with Crippen molar-refractivity contribution in [2.45, 2.75) is 58.3 Å². The molecule has 0 saturated heterocycles. The van der Waals surface area contributed by atoms with E-state index in [2.05, 4.69) is 30.3 Å². The average Bonchev–Trinajstić information content (AvgIpc) is 2.74. The Morgan fingerprint density at radius 3 is 2.40 bits per heavy atom. The third-order valence-electron chi connectivity index (χ3n) is 5.80. The normalized spacial score (nSPS) is 18.5. The molecule has 1 nitrogen and oxygen atoms in total. The number of unbranched alkanes of at least 4 members (excludes halogenated alkanes) is 2. The zero-order valence-electron chi connectivity index (χ0n) is 17.5. The molecule has 1 saturated carbocycles. The highest BCUT2D eigenvalue weighted by Crippen LogP contribution is 2.34. The standard InChI is InChI=1S/C26H28ClF2N/c1-3-4-5-6-20-10-14-26(30-17-20)22-15-24(28)23(25(29)16-22)13-9-19-7-11-21(12-8-19)18(2)27/h10,14-17,19,21H,2-8,11-12H2,1H3/t19-,21-. The molecule has 1 aliphatic carbocycles. The van der Waals surface area contributed by atoms with Gasteiger partial charge in [-0.1, -0.05) is 55.9 Å². The first-order valence-electron chi connectivity index (χ1n) is 10.8. The molecular formula is C26H28ClF2N. The van der Waals surface area contributed by atoms with Crippen LogP contribution in [-0.4, -0.2) is 4.98 Å². The van der Waals surface area contributed by atoms with Gasteiger partial charge in [-0.15, -0.1) is 0 Å². The van der Waals surface area contributed by atoms with E-state index in [0.717, 1.165) is 44.1 Å². The van der Waals surface area contributed by atoms with Gasteiger partial charge in [0.1, 0.15) is 11.6 Å². The van der Waals surface area contributed by atoms with Gasteiger partial charge in [-0.2, -0.15) is 0 Å². The zero-order valence-corrected chi connectivity index (χ0v) is 18.2. The molecule has 2 aromatic rings. The molecular weight excluding hydrogens is 400 g/mol. The summed E-state index contributed by atoms with van der Waals surface area (Å²) in [7, 11) is 0. The lowest BCUT2D eigenvalue weighted by Crippen LogP contribution is -2.13. The van der Waals surface area contributed by atoms with Gasteiger partial charge in [-0.05, 0) is 68.2 Å². The number of aryl methyl sites for hydroxylation is 1. The lowest BCUT2D eigenvalue weighted by Gasteiger charge is -2.24. The van der Waals surface area contributed by atoms with Crippen LogP contribution in [0.2, 0.25) is 0 Å². The Balaban J connectivity index is 1.70. The second kappa shape index (κ2) is 10.7. The number of benzene rings is 1. The highest BCUT2D eigenvalue weighted by Gasteiger charge is 2.21. The summed E-state index contributed by atoms with van der Waals surface area (Å²) in [5, 5.41) is 0.691. The van der Waals surface area contributed by atoms with Crippen LogP contribution in [0.3, 0.4) is 0 Å². The van der Waals surface area contributed by atoms with Crippen LogP contribution in [0.15, 0.2) is 42.1 Å². The third kappa shape index (κ3) is 5.92. The topological polar surface area (TPSA) is 12.9 Å². The van der Waals surface area contributed by atoms with Crippen molar-refractivity contribution in [3.63, 3.8) is 0 Å². The number of hydrogen-bond acceptors (Lipinski definition) is 1. The van der Waals surface area contributed by atoms with Crippen molar-refractivity contribution >= 4 is 11.6 Å². The smallest absolute Gasteiger partial charge is 0.142 e. The predicted molar refractivity (Wildman–Crippen MR) is 120 cm³/mol. The van der Waals surface area contributed by atoms with Crippen molar-refractivity contribution in [2.24, 2.45) is 11.8 Å². The molecule has 0 bridgehead atoms. The van der Waals surface area contributed by atoms with Crippen molar-refractivity contribution in [1.29, 1.82) is 0 Å². The molecule has 0 atom stereocenters. The van der Waals surface area contributed by atoms with E-state index in [-0.39, 0.29) is 11.5 Å². The van der Waals surface area contributed by atoms with Gasteiger partial charge in [0.2, 0.25) is 0 Å². The second-order valence-corrected chi connectivity index (χ2v) is 8.57. The first-order valence-corrected chi connectivity index (χ1v) is 11.2. The van der Waals surface area contributed by atoms with Gasteiger partial charge < -0.3 is 0 Å². The third-order valence-corrected chi connectivity index (χ3v) is 6.11. The molecule has 4 heteroatoms. The summed E-state index contributed by atoms with van der Waals surface area (Å²) in [6.45, 7) is 5.97. The van der Waals surface area contributed by atoms with Crippen molar-refractivity contribution in [3.05, 3.63) is 64.8 Å². The molecule has 3 rings (SSSR count). The van der Waals surface area contributed by atoms with Crippen molar-refractivity contribution in [1.82, 2.24) is 4.98 Å². The van der Waals surface area contributed by atoms with E-state index < -0.39 is 11.6 Å². The van der Waals surface area contributed by atoms with Crippen molar-refractivity contribution in [2.75, 3.05) is 0 Å². The fourth-order valence-electron chi connectivity index (χ4n) is 3.89. The quantitative estimate of drug-likeness (QED) is 0.340. The van der Waals surface area contributed by atoms with E-state index in [1.807, 2.05) is 12.1 Å². The summed E-state index contributed by atoms with van der Waals surface area (Å²) in [5.74, 6) is 4.96. The van der Waals surface area contributed by atoms with Crippen molar-refractivity contribution in [3.8, 4) is 23.1 Å². The van der Waals surface area contributed by atoms with Crippen LogP contribution in [0.5, 0.6) is 0 Å². The summed E-state index contributed by atoms with van der Waals surface area (Å²) in [6, 6.07) is 6.44. The van der Waals surface area contributed by atoms with Crippen LogP contribution in [-0.2, 0) is 6.42 Å².